The van der Waals surface area contributed by atoms with Gasteiger partial charge in [0.2, 0.25) is 0 Å². The lowest BCUT2D eigenvalue weighted by molar-refractivity contribution is -0.137. The molecule has 0 unspecified atom stereocenters. The highest BCUT2D eigenvalue weighted by atomic mass is 19.4. The zero-order valence-corrected chi connectivity index (χ0v) is 10.0. The van der Waals surface area contributed by atoms with Crippen molar-refractivity contribution in [1.82, 2.24) is 4.98 Å². The lowest BCUT2D eigenvalue weighted by Gasteiger charge is -2.22. The predicted octanol–water partition coefficient (Wildman–Crippen LogP) is 2.40. The third kappa shape index (κ3) is 3.84. The largest absolute Gasteiger partial charge is 0.480 e. The van der Waals surface area contributed by atoms with Gasteiger partial charge in [-0.2, -0.15) is 13.2 Å². The molecule has 1 fully saturated rings. The van der Waals surface area contributed by atoms with Gasteiger partial charge in [-0.25, -0.2) is 4.98 Å². The van der Waals surface area contributed by atoms with Crippen LogP contribution in [0.1, 0.15) is 18.4 Å². The van der Waals surface area contributed by atoms with Crippen LogP contribution < -0.4 is 4.90 Å². The van der Waals surface area contributed by atoms with E-state index < -0.39 is 17.7 Å². The van der Waals surface area contributed by atoms with Crippen molar-refractivity contribution in [3.63, 3.8) is 0 Å². The fourth-order valence-electron chi connectivity index (χ4n) is 1.78. The first-order valence-electron chi connectivity index (χ1n) is 5.86. The summed E-state index contributed by atoms with van der Waals surface area (Å²) < 4.78 is 37.8. The molecule has 1 N–H and O–H groups in total. The quantitative estimate of drug-likeness (QED) is 0.895. The number of alkyl halides is 3. The number of aromatic nitrogens is 1. The van der Waals surface area contributed by atoms with Crippen molar-refractivity contribution in [3.05, 3.63) is 23.9 Å². The molecule has 104 valence electrons. The van der Waals surface area contributed by atoms with Crippen LogP contribution in [0.4, 0.5) is 19.0 Å². The molecule has 0 spiro atoms. The number of carboxylic acids is 1. The van der Waals surface area contributed by atoms with Gasteiger partial charge in [-0.05, 0) is 30.9 Å². The number of nitrogens with zero attached hydrogens (tertiary/aromatic N) is 2. The number of anilines is 1. The molecule has 7 heteroatoms. The fraction of sp³-hybridized carbons (Fsp3) is 0.500. The molecule has 1 aromatic heterocycles. The second kappa shape index (κ2) is 5.07. The summed E-state index contributed by atoms with van der Waals surface area (Å²) in [6.07, 6.45) is -1.43. The molecule has 2 rings (SSSR count). The monoisotopic (exact) mass is 274 g/mol. The van der Waals surface area contributed by atoms with Crippen molar-refractivity contribution >= 4 is 11.8 Å². The van der Waals surface area contributed by atoms with E-state index in [1.54, 1.807) is 0 Å². The van der Waals surface area contributed by atoms with E-state index in [1.165, 1.54) is 4.90 Å². The zero-order chi connectivity index (χ0) is 14.0. The Morgan fingerprint density at radius 3 is 2.68 bits per heavy atom. The number of carbonyl (C=O) groups is 1. The lowest BCUT2D eigenvalue weighted by Crippen LogP contribution is -2.32. The maximum atomic E-state index is 12.6. The predicted molar refractivity (Wildman–Crippen MR) is 61.8 cm³/mol. The van der Waals surface area contributed by atoms with E-state index in [1.807, 2.05) is 0 Å². The highest BCUT2D eigenvalue weighted by molar-refractivity contribution is 5.73. The minimum atomic E-state index is -4.45. The first-order chi connectivity index (χ1) is 8.86. The van der Waals surface area contributed by atoms with Crippen LogP contribution in [0.2, 0.25) is 0 Å². The lowest BCUT2D eigenvalue weighted by atomic mass is 10.2. The highest BCUT2D eigenvalue weighted by Crippen LogP contribution is 2.33. The van der Waals surface area contributed by atoms with Gasteiger partial charge in [0, 0.05) is 12.7 Å². The van der Waals surface area contributed by atoms with Crippen molar-refractivity contribution < 1.29 is 23.1 Å². The van der Waals surface area contributed by atoms with Gasteiger partial charge in [0.15, 0.2) is 0 Å². The van der Waals surface area contributed by atoms with Crippen molar-refractivity contribution in [2.24, 2.45) is 5.92 Å². The summed E-state index contributed by atoms with van der Waals surface area (Å²) >= 11 is 0. The smallest absolute Gasteiger partial charge is 0.416 e. The van der Waals surface area contributed by atoms with Gasteiger partial charge in [0.05, 0.1) is 5.56 Å². The normalized spacial score (nSPS) is 15.3. The molecule has 0 aromatic carbocycles. The van der Waals surface area contributed by atoms with E-state index >= 15 is 0 Å². The molecule has 1 aliphatic rings. The van der Waals surface area contributed by atoms with Crippen LogP contribution in [0.5, 0.6) is 0 Å². The Hall–Kier alpha value is -1.79. The minimum Gasteiger partial charge on any atom is -0.480 e. The Kier molecular flexibility index (Phi) is 3.64. The molecule has 1 aliphatic carbocycles. The van der Waals surface area contributed by atoms with Crippen molar-refractivity contribution in [1.29, 1.82) is 0 Å². The Morgan fingerprint density at radius 2 is 2.16 bits per heavy atom. The molecular weight excluding hydrogens is 261 g/mol. The number of aliphatic carboxylic acids is 1. The topological polar surface area (TPSA) is 53.4 Å². The van der Waals surface area contributed by atoms with Crippen molar-refractivity contribution in [2.75, 3.05) is 18.0 Å². The Bertz CT molecular complexity index is 472. The number of hydrogen-bond acceptors (Lipinski definition) is 3. The molecule has 0 aliphatic heterocycles. The molecule has 4 nitrogen and oxygen atoms in total. The Morgan fingerprint density at radius 1 is 1.47 bits per heavy atom. The third-order valence-electron chi connectivity index (χ3n) is 2.90. The standard InChI is InChI=1S/C12H13F3N2O2/c13-12(14,15)9-3-4-16-10(5-9)17(7-11(18)19)6-8-1-2-8/h3-5,8H,1-2,6-7H2,(H,18,19). The maximum absolute atomic E-state index is 12.6. The maximum Gasteiger partial charge on any atom is 0.416 e. The van der Waals surface area contributed by atoms with E-state index in [2.05, 4.69) is 4.98 Å². The number of halogens is 3. The van der Waals surface area contributed by atoms with E-state index in [4.69, 9.17) is 5.11 Å². The van der Waals surface area contributed by atoms with Crippen LogP contribution in [-0.4, -0.2) is 29.1 Å². The molecule has 0 bridgehead atoms. The van der Waals surface area contributed by atoms with Crippen molar-refractivity contribution in [3.8, 4) is 0 Å². The first kappa shape index (κ1) is 13.6. The third-order valence-corrected chi connectivity index (χ3v) is 2.90. The SMILES string of the molecule is O=C(O)CN(CC1CC1)c1cc(C(F)(F)F)ccn1. The van der Waals surface area contributed by atoms with Gasteiger partial charge in [0.25, 0.3) is 0 Å². The van der Waals surface area contributed by atoms with Gasteiger partial charge in [-0.1, -0.05) is 0 Å². The van der Waals surface area contributed by atoms with Crippen molar-refractivity contribution in [2.45, 2.75) is 19.0 Å². The molecule has 19 heavy (non-hydrogen) atoms. The first-order valence-corrected chi connectivity index (χ1v) is 5.86. The summed E-state index contributed by atoms with van der Waals surface area (Å²) in [5, 5.41) is 8.82. The molecule has 1 saturated carbocycles. The molecule has 0 radical (unpaired) electrons. The highest BCUT2D eigenvalue weighted by Gasteiger charge is 2.32. The zero-order valence-electron chi connectivity index (χ0n) is 10.0. The van der Waals surface area contributed by atoms with Crippen LogP contribution in [0.25, 0.3) is 0 Å². The number of hydrogen-bond donors (Lipinski definition) is 1. The van der Waals surface area contributed by atoms with E-state index in [0.717, 1.165) is 31.2 Å². The number of carboxylic acid groups (broad SMARTS) is 1. The summed E-state index contributed by atoms with van der Waals surface area (Å²) in [4.78, 5) is 16.0. The molecule has 1 aromatic rings. The summed E-state index contributed by atoms with van der Waals surface area (Å²) in [5.74, 6) is -0.667. The summed E-state index contributed by atoms with van der Waals surface area (Å²) in [6, 6.07) is 1.77. The summed E-state index contributed by atoms with van der Waals surface area (Å²) in [7, 11) is 0. The van der Waals surface area contributed by atoms with E-state index in [9.17, 15) is 18.0 Å². The van der Waals surface area contributed by atoms with E-state index in [-0.39, 0.29) is 12.4 Å². The van der Waals surface area contributed by atoms with Gasteiger partial charge >= 0.3 is 12.1 Å². The molecule has 0 saturated heterocycles. The van der Waals surface area contributed by atoms with E-state index in [0.29, 0.717) is 12.5 Å². The molecule has 0 atom stereocenters. The summed E-state index contributed by atoms with van der Waals surface area (Å²) in [6.45, 7) is 0.0887. The van der Waals surface area contributed by atoms with Crippen LogP contribution in [0.15, 0.2) is 18.3 Å². The van der Waals surface area contributed by atoms with Gasteiger partial charge < -0.3 is 10.0 Å². The number of rotatable bonds is 5. The van der Waals surface area contributed by atoms with Gasteiger partial charge in [-0.3, -0.25) is 4.79 Å². The average molecular weight is 274 g/mol. The second-order valence-electron chi connectivity index (χ2n) is 4.62. The van der Waals surface area contributed by atoms with Crippen LogP contribution >= 0.6 is 0 Å². The second-order valence-corrected chi connectivity index (χ2v) is 4.62. The molecule has 1 heterocycles. The van der Waals surface area contributed by atoms with Crippen LogP contribution in [-0.2, 0) is 11.0 Å². The Labute approximate surface area is 107 Å². The summed E-state index contributed by atoms with van der Waals surface area (Å²) in [5.41, 5.74) is -0.816. The van der Waals surface area contributed by atoms with Gasteiger partial charge in [-0.15, -0.1) is 0 Å². The molecule has 0 amide bonds. The Balaban J connectivity index is 2.21. The van der Waals surface area contributed by atoms with Crippen LogP contribution in [0.3, 0.4) is 0 Å². The number of pyridine rings is 1. The minimum absolute atomic E-state index is 0.0594. The molecular formula is C12H13F3N2O2. The van der Waals surface area contributed by atoms with Crippen LogP contribution in [0, 0.1) is 5.92 Å². The van der Waals surface area contributed by atoms with Gasteiger partial charge in [0.1, 0.15) is 12.4 Å². The average Bonchev–Trinajstić information content (AvgIpc) is 3.10. The fourth-order valence-corrected chi connectivity index (χ4v) is 1.78.